The second-order valence-electron chi connectivity index (χ2n) is 0.577. The predicted molar refractivity (Wildman–Crippen MR) is 15.6 cm³/mol. The quantitative estimate of drug-likeness (QED) is 0.465. The Morgan fingerprint density at radius 1 is 1.20 bits per heavy atom. The summed E-state index contributed by atoms with van der Waals surface area (Å²) in [7, 11) is 0. The fourth-order valence-electron chi connectivity index (χ4n) is 0. The van der Waals surface area contributed by atoms with Crippen LogP contribution in [0.3, 0.4) is 0 Å². The monoisotopic (exact) mass is 292 g/mol. The number of rotatable bonds is 0. The predicted octanol–water partition coefficient (Wildman–Crippen LogP) is 1.23. The van der Waals surface area contributed by atoms with Crippen molar-refractivity contribution in [3.8, 4) is 0 Å². The summed E-state index contributed by atoms with van der Waals surface area (Å²) in [4.78, 5) is 0. The normalized spacial score (nSPS) is 3.60. The third-order valence-corrected chi connectivity index (χ3v) is 0. The molecular weight excluding hydrogens is 285 g/mol. The van der Waals surface area contributed by atoms with Gasteiger partial charge in [-0.2, -0.15) is 13.8 Å². The van der Waals surface area contributed by atoms with Crippen LogP contribution in [-0.2, 0) is 39.7 Å². The van der Waals surface area contributed by atoms with E-state index in [0.717, 1.165) is 0 Å². The Bertz CT molecular complexity index is 6.85. The van der Waals surface area contributed by atoms with E-state index in [2.05, 4.69) is 0 Å². The Kier molecular flexibility index (Phi) is 60.7. The molecule has 0 N–H and O–H groups in total. The van der Waals surface area contributed by atoms with Gasteiger partial charge in [0.05, 0.1) is 0 Å². The van der Waals surface area contributed by atoms with Crippen LogP contribution in [0.5, 0.6) is 0 Å². The van der Waals surface area contributed by atoms with Crippen molar-refractivity contribution >= 4 is 0 Å². The minimum Gasteiger partial charge on any atom is -0.335 e. The van der Waals surface area contributed by atoms with Crippen LogP contribution >= 0.6 is 0 Å². The van der Waals surface area contributed by atoms with E-state index in [1.165, 1.54) is 0 Å². The summed E-state index contributed by atoms with van der Waals surface area (Å²) in [5.41, 5.74) is 0. The largest absolute Gasteiger partial charge is 1.00 e. The number of hydrogen-bond donors (Lipinski definition) is 0. The van der Waals surface area contributed by atoms with Gasteiger partial charge in [-0.05, 0) is 0 Å². The minimum atomic E-state index is 0. The summed E-state index contributed by atoms with van der Waals surface area (Å²) in [5.74, 6) is 0. The van der Waals surface area contributed by atoms with Gasteiger partial charge >= 0.3 is 22.4 Å². The molecule has 0 aromatic carbocycles. The molecule has 0 saturated carbocycles. The molecule has 0 nitrogen and oxygen atoms in total. The molecule has 0 aromatic heterocycles. The smallest absolute Gasteiger partial charge is 0.335 e. The van der Waals surface area contributed by atoms with Crippen molar-refractivity contribution in [2.75, 3.05) is 0 Å². The Labute approximate surface area is 60.0 Å². The average molecular weight is 292 g/mol. The molecule has 0 aliphatic carbocycles. The molecule has 5 heavy (non-hydrogen) atoms. The Morgan fingerprint density at radius 2 is 1.20 bits per heavy atom. The molecule has 0 unspecified atom stereocenters. The summed E-state index contributed by atoms with van der Waals surface area (Å²) in [5, 5.41) is 0. The van der Waals surface area contributed by atoms with Crippen molar-refractivity contribution in [1.82, 2.24) is 0 Å². The molecule has 0 spiro atoms. The van der Waals surface area contributed by atoms with Gasteiger partial charge in [-0.15, -0.1) is 0 Å². The van der Waals surface area contributed by atoms with Crippen molar-refractivity contribution in [1.29, 1.82) is 0 Å². The van der Waals surface area contributed by atoms with Crippen molar-refractivity contribution in [3.05, 3.63) is 6.42 Å². The zero-order valence-electron chi connectivity index (χ0n) is 3.29. The van der Waals surface area contributed by atoms with Gasteiger partial charge in [-0.1, -0.05) is 0 Å². The van der Waals surface area contributed by atoms with Crippen molar-refractivity contribution in [3.63, 3.8) is 0 Å². The maximum absolute atomic E-state index is 2.00. The summed E-state index contributed by atoms with van der Waals surface area (Å²) >= 11 is 0. The Hall–Kier alpha value is 1.27. The summed E-state index contributed by atoms with van der Waals surface area (Å²) in [6, 6.07) is 0. The van der Waals surface area contributed by atoms with Crippen molar-refractivity contribution in [2.45, 2.75) is 13.8 Å². The van der Waals surface area contributed by atoms with Gasteiger partial charge in [0.15, 0.2) is 0 Å². The first-order valence-corrected chi connectivity index (χ1v) is 1.15. The van der Waals surface area contributed by atoms with Gasteiger partial charge in [0.1, 0.15) is 0 Å². The van der Waals surface area contributed by atoms with Crippen LogP contribution in [0.15, 0.2) is 0 Å². The average Bonchev–Trinajstić information content (AvgIpc) is 0.918. The summed E-state index contributed by atoms with van der Waals surface area (Å²) in [6.45, 7) is 4.00. The molecule has 0 radical (unpaired) electrons. The molecule has 0 rings (SSSR count). The van der Waals surface area contributed by atoms with E-state index in [1.54, 1.807) is 0 Å². The minimum absolute atomic E-state index is 0. The van der Waals surface area contributed by atoms with Crippen LogP contribution in [0, 0.1) is 6.42 Å². The molecule has 2 heteroatoms. The molecule has 0 aliphatic rings. The van der Waals surface area contributed by atoms with Crippen LogP contribution in [0.25, 0.3) is 0 Å². The summed E-state index contributed by atoms with van der Waals surface area (Å²) < 4.78 is 0. The second-order valence-corrected chi connectivity index (χ2v) is 0.577. The fraction of sp³-hybridized carbons (Fsp3) is 0.667. The zero-order valence-corrected chi connectivity index (χ0v) is 6.73. The van der Waals surface area contributed by atoms with Crippen LogP contribution in [0.2, 0.25) is 0 Å². The topological polar surface area (TPSA) is 0 Å². The maximum Gasteiger partial charge on any atom is 1.00 e. The molecule has 0 bridgehead atoms. The standard InChI is InChI=1S/C3H7.Au.Cr/c1-3-2;;/h3H,1-2H3;;/q-1;+1;. The molecule has 0 aliphatic heterocycles. The number of hydrogen-bond acceptors (Lipinski definition) is 0. The van der Waals surface area contributed by atoms with E-state index in [-0.39, 0.29) is 39.7 Å². The van der Waals surface area contributed by atoms with Gasteiger partial charge in [0.25, 0.3) is 0 Å². The van der Waals surface area contributed by atoms with E-state index in [9.17, 15) is 0 Å². The third kappa shape index (κ3) is 34.9. The van der Waals surface area contributed by atoms with E-state index in [1.807, 2.05) is 20.3 Å². The van der Waals surface area contributed by atoms with Gasteiger partial charge < -0.3 is 6.42 Å². The molecular formula is C3H7AuCr. The Morgan fingerprint density at radius 3 is 1.20 bits per heavy atom. The van der Waals surface area contributed by atoms with Crippen LogP contribution < -0.4 is 0 Å². The van der Waals surface area contributed by atoms with Gasteiger partial charge in [0, 0.05) is 17.4 Å². The zero-order chi connectivity index (χ0) is 2.71. The van der Waals surface area contributed by atoms with Crippen LogP contribution in [0.4, 0.5) is 0 Å². The first kappa shape index (κ1) is 16.3. The fourth-order valence-corrected chi connectivity index (χ4v) is 0. The molecule has 0 atom stereocenters. The van der Waals surface area contributed by atoms with E-state index < -0.39 is 0 Å². The van der Waals surface area contributed by atoms with E-state index >= 15 is 0 Å². The van der Waals surface area contributed by atoms with Crippen molar-refractivity contribution < 1.29 is 39.7 Å². The molecule has 0 aromatic rings. The first-order chi connectivity index (χ1) is 1.41. The second kappa shape index (κ2) is 18.6. The SMILES string of the molecule is C[CH-]C.[Au+].[Cr]. The Balaban J connectivity index is -0.0000000200. The molecule has 0 heterocycles. The molecule has 36 valence electrons. The molecule has 0 saturated heterocycles. The van der Waals surface area contributed by atoms with Gasteiger partial charge in [0.2, 0.25) is 0 Å². The van der Waals surface area contributed by atoms with E-state index in [4.69, 9.17) is 0 Å². The first-order valence-electron chi connectivity index (χ1n) is 1.15. The maximum atomic E-state index is 2.00. The van der Waals surface area contributed by atoms with Gasteiger partial charge in [-0.3, -0.25) is 0 Å². The van der Waals surface area contributed by atoms with Gasteiger partial charge in [-0.25, -0.2) is 0 Å². The summed E-state index contributed by atoms with van der Waals surface area (Å²) in [6.07, 6.45) is 2.00. The molecule has 0 fully saturated rings. The van der Waals surface area contributed by atoms with Crippen molar-refractivity contribution in [2.24, 2.45) is 0 Å². The van der Waals surface area contributed by atoms with E-state index in [0.29, 0.717) is 0 Å². The third-order valence-electron chi connectivity index (χ3n) is 0. The van der Waals surface area contributed by atoms with Crippen LogP contribution in [0.1, 0.15) is 13.8 Å². The van der Waals surface area contributed by atoms with Crippen LogP contribution in [-0.4, -0.2) is 0 Å². The molecule has 0 amide bonds.